The molecule has 0 fully saturated rings. The van der Waals surface area contributed by atoms with Crippen LogP contribution in [-0.4, -0.2) is 31.4 Å². The minimum absolute atomic E-state index is 0.114. The number of ether oxygens (including phenoxy) is 1. The SMILES string of the molecule is C=C(C)c1nccc(OCCO[Si](C)(C)C(C)(C)C)c1[N+](=O)[O-]. The van der Waals surface area contributed by atoms with Gasteiger partial charge in [0.15, 0.2) is 8.32 Å². The topological polar surface area (TPSA) is 74.5 Å². The fourth-order valence-electron chi connectivity index (χ4n) is 1.71. The first-order chi connectivity index (χ1) is 10.5. The van der Waals surface area contributed by atoms with E-state index >= 15 is 0 Å². The normalized spacial score (nSPS) is 12.1. The highest BCUT2D eigenvalue weighted by atomic mass is 28.4. The summed E-state index contributed by atoms with van der Waals surface area (Å²) in [5.74, 6) is 0.196. The predicted octanol–water partition coefficient (Wildman–Crippen LogP) is 4.42. The van der Waals surface area contributed by atoms with Gasteiger partial charge in [-0.3, -0.25) is 10.1 Å². The van der Waals surface area contributed by atoms with Gasteiger partial charge in [0.1, 0.15) is 12.3 Å². The quantitative estimate of drug-likeness (QED) is 0.318. The number of rotatable bonds is 7. The minimum Gasteiger partial charge on any atom is -0.484 e. The molecule has 0 aliphatic rings. The molecule has 0 saturated carbocycles. The lowest BCUT2D eigenvalue weighted by Gasteiger charge is -2.36. The maximum atomic E-state index is 11.3. The van der Waals surface area contributed by atoms with Crippen LogP contribution >= 0.6 is 0 Å². The molecule has 0 amide bonds. The molecule has 0 spiro atoms. The van der Waals surface area contributed by atoms with Crippen LogP contribution in [0.2, 0.25) is 18.1 Å². The van der Waals surface area contributed by atoms with Crippen LogP contribution < -0.4 is 4.74 Å². The predicted molar refractivity (Wildman–Crippen MR) is 94.2 cm³/mol. The van der Waals surface area contributed by atoms with Gasteiger partial charge in [0, 0.05) is 12.3 Å². The third kappa shape index (κ3) is 4.87. The zero-order valence-corrected chi connectivity index (χ0v) is 15.8. The molecule has 0 bridgehead atoms. The van der Waals surface area contributed by atoms with Crippen molar-refractivity contribution in [3.8, 4) is 5.75 Å². The fraction of sp³-hybridized carbons (Fsp3) is 0.562. The molecular weight excluding hydrogens is 312 g/mol. The highest BCUT2D eigenvalue weighted by molar-refractivity contribution is 6.74. The summed E-state index contributed by atoms with van der Waals surface area (Å²) < 4.78 is 11.6. The zero-order valence-electron chi connectivity index (χ0n) is 14.8. The smallest absolute Gasteiger partial charge is 0.336 e. The molecule has 7 heteroatoms. The second-order valence-electron chi connectivity index (χ2n) is 7.00. The lowest BCUT2D eigenvalue weighted by Crippen LogP contribution is -2.41. The molecule has 1 rings (SSSR count). The molecule has 23 heavy (non-hydrogen) atoms. The summed E-state index contributed by atoms with van der Waals surface area (Å²) in [6, 6.07) is 1.50. The molecule has 0 aliphatic carbocycles. The number of pyridine rings is 1. The Kier molecular flexibility index (Phi) is 6.07. The Balaban J connectivity index is 2.78. The van der Waals surface area contributed by atoms with E-state index in [-0.39, 0.29) is 28.8 Å². The van der Waals surface area contributed by atoms with E-state index in [1.54, 1.807) is 6.92 Å². The van der Waals surface area contributed by atoms with Crippen molar-refractivity contribution in [3.05, 3.63) is 34.7 Å². The summed E-state index contributed by atoms with van der Waals surface area (Å²) in [5.41, 5.74) is 0.629. The minimum atomic E-state index is -1.85. The maximum absolute atomic E-state index is 11.3. The molecule has 0 N–H and O–H groups in total. The van der Waals surface area contributed by atoms with E-state index in [4.69, 9.17) is 9.16 Å². The molecule has 0 saturated heterocycles. The zero-order chi connectivity index (χ0) is 17.8. The van der Waals surface area contributed by atoms with Crippen LogP contribution in [0.4, 0.5) is 5.69 Å². The van der Waals surface area contributed by atoms with E-state index in [1.165, 1.54) is 12.3 Å². The lowest BCUT2D eigenvalue weighted by atomic mass is 10.2. The summed E-state index contributed by atoms with van der Waals surface area (Å²) in [5, 5.41) is 11.4. The highest BCUT2D eigenvalue weighted by Crippen LogP contribution is 2.36. The molecule has 0 radical (unpaired) electrons. The number of hydrogen-bond acceptors (Lipinski definition) is 5. The second-order valence-corrected chi connectivity index (χ2v) is 11.8. The molecule has 1 aromatic heterocycles. The van der Waals surface area contributed by atoms with Crippen LogP contribution in [0.1, 0.15) is 33.4 Å². The summed E-state index contributed by atoms with van der Waals surface area (Å²) in [6.07, 6.45) is 1.49. The summed E-state index contributed by atoms with van der Waals surface area (Å²) in [4.78, 5) is 14.8. The molecule has 1 heterocycles. The van der Waals surface area contributed by atoms with Crippen LogP contribution in [0, 0.1) is 10.1 Å². The molecule has 0 aromatic carbocycles. The Morgan fingerprint density at radius 2 is 2.00 bits per heavy atom. The van der Waals surface area contributed by atoms with Gasteiger partial charge in [-0.2, -0.15) is 0 Å². The van der Waals surface area contributed by atoms with Crippen molar-refractivity contribution >= 4 is 19.6 Å². The van der Waals surface area contributed by atoms with Gasteiger partial charge >= 0.3 is 5.69 Å². The van der Waals surface area contributed by atoms with Crippen LogP contribution in [-0.2, 0) is 4.43 Å². The average molecular weight is 338 g/mol. The fourth-order valence-corrected chi connectivity index (χ4v) is 2.73. The summed E-state index contributed by atoms with van der Waals surface area (Å²) >= 11 is 0. The van der Waals surface area contributed by atoms with E-state index in [2.05, 4.69) is 45.4 Å². The maximum Gasteiger partial charge on any atom is 0.336 e. The third-order valence-corrected chi connectivity index (χ3v) is 8.62. The number of hydrogen-bond donors (Lipinski definition) is 0. The summed E-state index contributed by atoms with van der Waals surface area (Å²) in [6.45, 7) is 16.8. The van der Waals surface area contributed by atoms with Crippen molar-refractivity contribution in [1.29, 1.82) is 0 Å². The van der Waals surface area contributed by atoms with Gasteiger partial charge in [0.05, 0.1) is 11.5 Å². The average Bonchev–Trinajstić information content (AvgIpc) is 2.41. The van der Waals surface area contributed by atoms with E-state index in [0.29, 0.717) is 12.2 Å². The van der Waals surface area contributed by atoms with Gasteiger partial charge < -0.3 is 9.16 Å². The summed E-state index contributed by atoms with van der Waals surface area (Å²) in [7, 11) is -1.85. The van der Waals surface area contributed by atoms with E-state index in [9.17, 15) is 10.1 Å². The van der Waals surface area contributed by atoms with Gasteiger partial charge in [-0.15, -0.1) is 0 Å². The van der Waals surface area contributed by atoms with Crippen molar-refractivity contribution in [2.24, 2.45) is 0 Å². The molecule has 128 valence electrons. The molecule has 0 atom stereocenters. The van der Waals surface area contributed by atoms with E-state index < -0.39 is 13.2 Å². The third-order valence-electron chi connectivity index (χ3n) is 4.08. The first-order valence-electron chi connectivity index (χ1n) is 7.53. The Bertz CT molecular complexity index is 594. The molecular formula is C16H26N2O4Si. The lowest BCUT2D eigenvalue weighted by molar-refractivity contribution is -0.386. The van der Waals surface area contributed by atoms with Gasteiger partial charge in [-0.05, 0) is 30.6 Å². The number of allylic oxidation sites excluding steroid dienone is 1. The van der Waals surface area contributed by atoms with Crippen LogP contribution in [0.25, 0.3) is 5.57 Å². The van der Waals surface area contributed by atoms with Crippen molar-refractivity contribution < 1.29 is 14.1 Å². The Morgan fingerprint density at radius 3 is 2.48 bits per heavy atom. The number of aromatic nitrogens is 1. The van der Waals surface area contributed by atoms with Gasteiger partial charge in [0.2, 0.25) is 5.75 Å². The standard InChI is InChI=1S/C16H26N2O4Si/c1-12(2)14-15(18(19)20)13(8-9-17-14)21-10-11-22-23(6,7)16(3,4)5/h8-9H,1,10-11H2,2-7H3. The van der Waals surface area contributed by atoms with Crippen molar-refractivity contribution in [2.45, 2.75) is 45.8 Å². The first-order valence-corrected chi connectivity index (χ1v) is 10.4. The largest absolute Gasteiger partial charge is 0.484 e. The van der Waals surface area contributed by atoms with E-state index in [0.717, 1.165) is 0 Å². The molecule has 1 aromatic rings. The Morgan fingerprint density at radius 1 is 1.39 bits per heavy atom. The highest BCUT2D eigenvalue weighted by Gasteiger charge is 2.37. The number of nitro groups is 1. The first kappa shape index (κ1) is 19.3. The van der Waals surface area contributed by atoms with Gasteiger partial charge in [-0.1, -0.05) is 27.4 Å². The van der Waals surface area contributed by atoms with Crippen molar-refractivity contribution in [2.75, 3.05) is 13.2 Å². The van der Waals surface area contributed by atoms with Crippen molar-refractivity contribution in [3.63, 3.8) is 0 Å². The Labute approximate surface area is 138 Å². The van der Waals surface area contributed by atoms with Crippen LogP contribution in [0.5, 0.6) is 5.75 Å². The molecule has 0 aliphatic heterocycles. The second kappa shape index (κ2) is 7.23. The molecule has 0 unspecified atom stereocenters. The molecule has 6 nitrogen and oxygen atoms in total. The van der Waals surface area contributed by atoms with Crippen molar-refractivity contribution in [1.82, 2.24) is 4.98 Å². The van der Waals surface area contributed by atoms with E-state index in [1.807, 2.05) is 0 Å². The number of nitrogens with zero attached hydrogens (tertiary/aromatic N) is 2. The Hall–Kier alpha value is -1.73. The van der Waals surface area contributed by atoms with Crippen LogP contribution in [0.3, 0.4) is 0 Å². The van der Waals surface area contributed by atoms with Crippen LogP contribution in [0.15, 0.2) is 18.8 Å². The van der Waals surface area contributed by atoms with Gasteiger partial charge in [-0.25, -0.2) is 4.98 Å². The van der Waals surface area contributed by atoms with Gasteiger partial charge in [0.25, 0.3) is 0 Å². The monoisotopic (exact) mass is 338 g/mol.